The number of ether oxygens (including phenoxy) is 1. The van der Waals surface area contributed by atoms with Gasteiger partial charge >= 0.3 is 0 Å². The molecule has 7 heteroatoms. The van der Waals surface area contributed by atoms with Gasteiger partial charge in [-0.15, -0.1) is 24.0 Å². The Labute approximate surface area is 171 Å². The fourth-order valence-corrected chi connectivity index (χ4v) is 3.91. The number of hydrogen-bond acceptors (Lipinski definition) is 3. The summed E-state index contributed by atoms with van der Waals surface area (Å²) in [6.07, 6.45) is 7.97. The van der Waals surface area contributed by atoms with E-state index in [4.69, 9.17) is 4.74 Å². The zero-order valence-electron chi connectivity index (χ0n) is 15.1. The van der Waals surface area contributed by atoms with E-state index in [-0.39, 0.29) is 24.0 Å². The first-order valence-corrected chi connectivity index (χ1v) is 8.89. The molecule has 0 bridgehead atoms. The van der Waals surface area contributed by atoms with Crippen LogP contribution in [0.4, 0.5) is 0 Å². The van der Waals surface area contributed by atoms with Gasteiger partial charge in [-0.05, 0) is 24.5 Å². The van der Waals surface area contributed by atoms with E-state index in [0.717, 1.165) is 44.5 Å². The molecular formula is C19H26IN5O. The Hall–Kier alpha value is -1.61. The molecule has 6 nitrogen and oxygen atoms in total. The molecule has 2 fully saturated rings. The fraction of sp³-hybridized carbons (Fsp3) is 0.474. The fourth-order valence-electron chi connectivity index (χ4n) is 3.91. The first-order chi connectivity index (χ1) is 12.3. The van der Waals surface area contributed by atoms with Gasteiger partial charge in [-0.25, -0.2) is 4.98 Å². The number of halogens is 1. The summed E-state index contributed by atoms with van der Waals surface area (Å²) in [4.78, 5) is 11.0. The average molecular weight is 467 g/mol. The van der Waals surface area contributed by atoms with Gasteiger partial charge in [-0.2, -0.15) is 0 Å². The Morgan fingerprint density at radius 2 is 2.23 bits per heavy atom. The van der Waals surface area contributed by atoms with Crippen molar-refractivity contribution in [1.82, 2.24) is 19.8 Å². The SMILES string of the molecule is CN=C(NCc1ccccc1-n1ccnc1)N1CCC2(CCOC2)C1.I. The minimum Gasteiger partial charge on any atom is -0.381 e. The summed E-state index contributed by atoms with van der Waals surface area (Å²) in [6.45, 7) is 4.62. The van der Waals surface area contributed by atoms with Crippen LogP contribution in [0.1, 0.15) is 18.4 Å². The Morgan fingerprint density at radius 1 is 1.35 bits per heavy atom. The van der Waals surface area contributed by atoms with Gasteiger partial charge in [0.25, 0.3) is 0 Å². The van der Waals surface area contributed by atoms with Crippen LogP contribution in [0.2, 0.25) is 0 Å². The molecule has 2 aliphatic heterocycles. The van der Waals surface area contributed by atoms with E-state index in [0.29, 0.717) is 5.41 Å². The predicted octanol–water partition coefficient (Wildman–Crippen LogP) is 2.68. The summed E-state index contributed by atoms with van der Waals surface area (Å²) in [6, 6.07) is 8.38. The van der Waals surface area contributed by atoms with Gasteiger partial charge < -0.3 is 19.5 Å². The van der Waals surface area contributed by atoms with Gasteiger partial charge in [0.1, 0.15) is 0 Å². The predicted molar refractivity (Wildman–Crippen MR) is 113 cm³/mol. The summed E-state index contributed by atoms with van der Waals surface area (Å²) >= 11 is 0. The van der Waals surface area contributed by atoms with E-state index < -0.39 is 0 Å². The number of nitrogens with zero attached hydrogens (tertiary/aromatic N) is 4. The number of benzene rings is 1. The molecule has 140 valence electrons. The quantitative estimate of drug-likeness (QED) is 0.429. The van der Waals surface area contributed by atoms with Crippen molar-refractivity contribution < 1.29 is 4.74 Å². The van der Waals surface area contributed by atoms with Crippen LogP contribution in [-0.4, -0.2) is 53.8 Å². The van der Waals surface area contributed by atoms with Crippen LogP contribution in [-0.2, 0) is 11.3 Å². The molecule has 26 heavy (non-hydrogen) atoms. The van der Waals surface area contributed by atoms with E-state index >= 15 is 0 Å². The van der Waals surface area contributed by atoms with Gasteiger partial charge in [-0.3, -0.25) is 4.99 Å². The number of guanidine groups is 1. The molecule has 2 aromatic rings. The average Bonchev–Trinajstić information content (AvgIpc) is 3.40. The maximum absolute atomic E-state index is 5.63. The van der Waals surface area contributed by atoms with E-state index in [1.165, 1.54) is 18.4 Å². The van der Waals surface area contributed by atoms with Crippen LogP contribution in [0.5, 0.6) is 0 Å². The highest BCUT2D eigenvalue weighted by Gasteiger charge is 2.42. The minimum atomic E-state index is 0. The molecule has 4 rings (SSSR count). The third-order valence-electron chi connectivity index (χ3n) is 5.35. The maximum Gasteiger partial charge on any atom is 0.193 e. The number of para-hydroxylation sites is 1. The van der Waals surface area contributed by atoms with Crippen molar-refractivity contribution in [3.05, 3.63) is 48.5 Å². The molecular weight excluding hydrogens is 441 g/mol. The van der Waals surface area contributed by atoms with Gasteiger partial charge in [0, 0.05) is 51.1 Å². The third-order valence-corrected chi connectivity index (χ3v) is 5.35. The lowest BCUT2D eigenvalue weighted by Gasteiger charge is -2.25. The molecule has 1 aromatic heterocycles. The lowest BCUT2D eigenvalue weighted by Crippen LogP contribution is -2.41. The molecule has 2 aliphatic rings. The third kappa shape index (κ3) is 3.88. The molecule has 1 N–H and O–H groups in total. The van der Waals surface area contributed by atoms with Crippen molar-refractivity contribution in [3.63, 3.8) is 0 Å². The van der Waals surface area contributed by atoms with Crippen LogP contribution in [0, 0.1) is 5.41 Å². The zero-order valence-corrected chi connectivity index (χ0v) is 17.4. The standard InChI is InChI=1S/C19H25N5O.HI/c1-20-18(23-9-6-19(13-23)7-11-25-14-19)22-12-16-4-2-3-5-17(16)24-10-8-21-15-24;/h2-5,8,10,15H,6-7,9,11-14H2,1H3,(H,20,22);1H. The Morgan fingerprint density at radius 3 is 2.96 bits per heavy atom. The molecule has 0 amide bonds. The van der Waals surface area contributed by atoms with E-state index in [9.17, 15) is 0 Å². The summed E-state index contributed by atoms with van der Waals surface area (Å²) in [5, 5.41) is 3.54. The minimum absolute atomic E-state index is 0. The lowest BCUT2D eigenvalue weighted by atomic mass is 9.87. The highest BCUT2D eigenvalue weighted by molar-refractivity contribution is 14.0. The van der Waals surface area contributed by atoms with Crippen LogP contribution in [0.25, 0.3) is 5.69 Å². The number of nitrogens with one attached hydrogen (secondary N) is 1. The lowest BCUT2D eigenvalue weighted by molar-refractivity contribution is 0.156. The van der Waals surface area contributed by atoms with Crippen molar-refractivity contribution in [1.29, 1.82) is 0 Å². The molecule has 1 aromatic carbocycles. The first-order valence-electron chi connectivity index (χ1n) is 8.89. The second-order valence-electron chi connectivity index (χ2n) is 6.97. The number of likely N-dealkylation sites (tertiary alicyclic amines) is 1. The van der Waals surface area contributed by atoms with Crippen LogP contribution in [0.3, 0.4) is 0 Å². The molecule has 1 spiro atoms. The highest BCUT2D eigenvalue weighted by atomic mass is 127. The number of aliphatic imine (C=N–C) groups is 1. The topological polar surface area (TPSA) is 54.7 Å². The zero-order chi connectivity index (χ0) is 17.1. The Balaban J connectivity index is 0.00000196. The molecule has 0 aliphatic carbocycles. The number of hydrogen-bond donors (Lipinski definition) is 1. The summed E-state index contributed by atoms with van der Waals surface area (Å²) in [7, 11) is 1.86. The second-order valence-corrected chi connectivity index (χ2v) is 6.97. The molecule has 1 unspecified atom stereocenters. The maximum atomic E-state index is 5.63. The normalized spacial score (nSPS) is 22.7. The Bertz CT molecular complexity index is 740. The van der Waals surface area contributed by atoms with E-state index in [2.05, 4.69) is 44.5 Å². The van der Waals surface area contributed by atoms with Crippen molar-refractivity contribution in [3.8, 4) is 5.69 Å². The molecule has 0 radical (unpaired) electrons. The van der Waals surface area contributed by atoms with Gasteiger partial charge in [-0.1, -0.05) is 18.2 Å². The molecule has 2 saturated heterocycles. The van der Waals surface area contributed by atoms with Gasteiger partial charge in [0.2, 0.25) is 0 Å². The van der Waals surface area contributed by atoms with Crippen LogP contribution >= 0.6 is 24.0 Å². The number of rotatable bonds is 3. The summed E-state index contributed by atoms with van der Waals surface area (Å²) in [5.74, 6) is 0.976. The van der Waals surface area contributed by atoms with Crippen molar-refractivity contribution in [2.75, 3.05) is 33.4 Å². The smallest absolute Gasteiger partial charge is 0.193 e. The summed E-state index contributed by atoms with van der Waals surface area (Å²) < 4.78 is 7.68. The summed E-state index contributed by atoms with van der Waals surface area (Å²) in [5.41, 5.74) is 2.71. The molecule has 3 heterocycles. The monoisotopic (exact) mass is 467 g/mol. The highest BCUT2D eigenvalue weighted by Crippen LogP contribution is 2.38. The first kappa shape index (κ1) is 19.2. The molecule has 1 atom stereocenters. The van der Waals surface area contributed by atoms with Gasteiger partial charge in [0.15, 0.2) is 5.96 Å². The van der Waals surface area contributed by atoms with E-state index in [1.54, 1.807) is 6.20 Å². The van der Waals surface area contributed by atoms with Gasteiger partial charge in [0.05, 0.1) is 18.6 Å². The van der Waals surface area contributed by atoms with Crippen molar-refractivity contribution in [2.45, 2.75) is 19.4 Å². The van der Waals surface area contributed by atoms with Crippen molar-refractivity contribution >= 4 is 29.9 Å². The second kappa shape index (κ2) is 8.39. The number of aromatic nitrogens is 2. The van der Waals surface area contributed by atoms with Crippen LogP contribution < -0.4 is 5.32 Å². The largest absolute Gasteiger partial charge is 0.381 e. The van der Waals surface area contributed by atoms with E-state index in [1.807, 2.05) is 24.1 Å². The molecule has 0 saturated carbocycles. The number of imidazole rings is 1. The van der Waals surface area contributed by atoms with Crippen molar-refractivity contribution in [2.24, 2.45) is 10.4 Å². The van der Waals surface area contributed by atoms with Crippen LogP contribution in [0.15, 0.2) is 48.0 Å². The Kier molecular flexibility index (Phi) is 6.18.